The summed E-state index contributed by atoms with van der Waals surface area (Å²) in [5.41, 5.74) is 14.2. The Kier molecular flexibility index (Phi) is 2.12. The summed E-state index contributed by atoms with van der Waals surface area (Å²) in [4.78, 5) is 7.98. The van der Waals surface area contributed by atoms with Crippen LogP contribution in [0.2, 0.25) is 0 Å². The standard InChI is InChI=1S/C11H11N7/c1-6-3-2-4-7(5-6)18-10-8(16-17-18)9(12)14-11(13)15-10/h2-5H,1H3,(H4,12,13,14,15). The molecule has 0 fully saturated rings. The molecular weight excluding hydrogens is 230 g/mol. The first kappa shape index (κ1) is 10.5. The van der Waals surface area contributed by atoms with Gasteiger partial charge in [-0.15, -0.1) is 5.10 Å². The summed E-state index contributed by atoms with van der Waals surface area (Å²) < 4.78 is 1.59. The van der Waals surface area contributed by atoms with Crippen LogP contribution in [0, 0.1) is 6.92 Å². The molecule has 2 heterocycles. The molecule has 0 saturated carbocycles. The van der Waals surface area contributed by atoms with Crippen molar-refractivity contribution in [1.29, 1.82) is 0 Å². The number of rotatable bonds is 1. The predicted octanol–water partition coefficient (Wildman–Crippen LogP) is 0.683. The molecule has 18 heavy (non-hydrogen) atoms. The highest BCUT2D eigenvalue weighted by atomic mass is 15.4. The van der Waals surface area contributed by atoms with Gasteiger partial charge >= 0.3 is 0 Å². The van der Waals surface area contributed by atoms with Crippen LogP contribution >= 0.6 is 0 Å². The van der Waals surface area contributed by atoms with Gasteiger partial charge in [-0.2, -0.15) is 14.6 Å². The molecule has 7 heteroatoms. The van der Waals surface area contributed by atoms with E-state index >= 15 is 0 Å². The van der Waals surface area contributed by atoms with E-state index in [0.717, 1.165) is 11.3 Å². The smallest absolute Gasteiger partial charge is 0.224 e. The van der Waals surface area contributed by atoms with Gasteiger partial charge in [0.15, 0.2) is 17.0 Å². The van der Waals surface area contributed by atoms with Gasteiger partial charge in [0.25, 0.3) is 0 Å². The van der Waals surface area contributed by atoms with Crippen LogP contribution in [0.25, 0.3) is 16.9 Å². The van der Waals surface area contributed by atoms with Crippen molar-refractivity contribution < 1.29 is 0 Å². The summed E-state index contributed by atoms with van der Waals surface area (Å²) >= 11 is 0. The van der Waals surface area contributed by atoms with Gasteiger partial charge in [0.1, 0.15) is 0 Å². The molecule has 3 rings (SSSR count). The lowest BCUT2D eigenvalue weighted by atomic mass is 10.2. The van der Waals surface area contributed by atoms with Crippen LogP contribution in [0.4, 0.5) is 11.8 Å². The number of fused-ring (bicyclic) bond motifs is 1. The fraction of sp³-hybridized carbons (Fsp3) is 0.0909. The number of aryl methyl sites for hydroxylation is 1. The van der Waals surface area contributed by atoms with Crippen molar-refractivity contribution in [2.45, 2.75) is 6.92 Å². The Morgan fingerprint density at radius 3 is 2.78 bits per heavy atom. The lowest BCUT2D eigenvalue weighted by Crippen LogP contribution is -2.03. The number of anilines is 2. The Hall–Kier alpha value is -2.70. The largest absolute Gasteiger partial charge is 0.382 e. The summed E-state index contributed by atoms with van der Waals surface area (Å²) in [6.45, 7) is 2.00. The molecule has 90 valence electrons. The zero-order valence-corrected chi connectivity index (χ0v) is 9.70. The first-order valence-corrected chi connectivity index (χ1v) is 5.36. The normalized spacial score (nSPS) is 10.9. The van der Waals surface area contributed by atoms with Crippen molar-refractivity contribution in [2.24, 2.45) is 0 Å². The van der Waals surface area contributed by atoms with E-state index in [2.05, 4.69) is 20.3 Å². The summed E-state index contributed by atoms with van der Waals surface area (Å²) in [5, 5.41) is 8.01. The van der Waals surface area contributed by atoms with Crippen LogP contribution in [0.15, 0.2) is 24.3 Å². The summed E-state index contributed by atoms with van der Waals surface area (Å²) in [7, 11) is 0. The topological polar surface area (TPSA) is 109 Å². The van der Waals surface area contributed by atoms with Gasteiger partial charge < -0.3 is 11.5 Å². The molecule has 0 saturated heterocycles. The number of aromatic nitrogens is 5. The first-order valence-electron chi connectivity index (χ1n) is 5.36. The SMILES string of the molecule is Cc1cccc(-n2nnc3c(N)nc(N)nc32)c1. The van der Waals surface area contributed by atoms with E-state index in [1.807, 2.05) is 31.2 Å². The molecule has 0 aliphatic rings. The molecule has 0 aliphatic carbocycles. The third-order valence-corrected chi connectivity index (χ3v) is 2.59. The highest BCUT2D eigenvalue weighted by Gasteiger charge is 2.12. The minimum Gasteiger partial charge on any atom is -0.382 e. The summed E-state index contributed by atoms with van der Waals surface area (Å²) in [6, 6.07) is 7.82. The van der Waals surface area contributed by atoms with Crippen molar-refractivity contribution in [3.63, 3.8) is 0 Å². The highest BCUT2D eigenvalue weighted by molar-refractivity contribution is 5.82. The number of hydrogen-bond donors (Lipinski definition) is 2. The third-order valence-electron chi connectivity index (χ3n) is 2.59. The van der Waals surface area contributed by atoms with E-state index in [-0.39, 0.29) is 11.8 Å². The third kappa shape index (κ3) is 1.53. The Labute approximate surface area is 102 Å². The van der Waals surface area contributed by atoms with E-state index in [9.17, 15) is 0 Å². The van der Waals surface area contributed by atoms with Gasteiger partial charge in [0.2, 0.25) is 5.95 Å². The average molecular weight is 241 g/mol. The lowest BCUT2D eigenvalue weighted by molar-refractivity contribution is 0.817. The molecule has 0 atom stereocenters. The molecule has 1 aromatic carbocycles. The van der Waals surface area contributed by atoms with Crippen molar-refractivity contribution in [3.8, 4) is 5.69 Å². The molecule has 0 unspecified atom stereocenters. The van der Waals surface area contributed by atoms with E-state index in [1.165, 1.54) is 0 Å². The lowest BCUT2D eigenvalue weighted by Gasteiger charge is -2.03. The minimum atomic E-state index is 0.108. The second-order valence-corrected chi connectivity index (χ2v) is 3.98. The van der Waals surface area contributed by atoms with Crippen molar-refractivity contribution >= 4 is 22.9 Å². The van der Waals surface area contributed by atoms with Gasteiger partial charge in [-0.25, -0.2) is 0 Å². The molecule has 0 aliphatic heterocycles. The maximum Gasteiger partial charge on any atom is 0.224 e. The van der Waals surface area contributed by atoms with E-state index < -0.39 is 0 Å². The van der Waals surface area contributed by atoms with E-state index in [4.69, 9.17) is 11.5 Å². The maximum atomic E-state index is 5.73. The van der Waals surface area contributed by atoms with Gasteiger partial charge in [0.05, 0.1) is 5.69 Å². The highest BCUT2D eigenvalue weighted by Crippen LogP contribution is 2.19. The first-order chi connectivity index (χ1) is 8.65. The molecule has 0 bridgehead atoms. The molecule has 7 nitrogen and oxygen atoms in total. The van der Waals surface area contributed by atoms with E-state index in [0.29, 0.717) is 11.2 Å². The van der Waals surface area contributed by atoms with Crippen LogP contribution in [-0.4, -0.2) is 25.0 Å². The second kappa shape index (κ2) is 3.66. The molecule has 2 aromatic heterocycles. The Morgan fingerprint density at radius 2 is 2.00 bits per heavy atom. The van der Waals surface area contributed by atoms with Gasteiger partial charge in [-0.05, 0) is 24.6 Å². The zero-order valence-electron chi connectivity index (χ0n) is 9.70. The average Bonchev–Trinajstić information content (AvgIpc) is 2.72. The van der Waals surface area contributed by atoms with Crippen LogP contribution in [0.3, 0.4) is 0 Å². The Balaban J connectivity index is 2.30. The Morgan fingerprint density at radius 1 is 1.17 bits per heavy atom. The van der Waals surface area contributed by atoms with Crippen molar-refractivity contribution in [2.75, 3.05) is 11.5 Å². The zero-order chi connectivity index (χ0) is 12.7. The quantitative estimate of drug-likeness (QED) is 0.648. The Bertz CT molecular complexity index is 731. The fourth-order valence-corrected chi connectivity index (χ4v) is 1.79. The van der Waals surface area contributed by atoms with Gasteiger partial charge in [-0.3, -0.25) is 0 Å². The molecule has 0 radical (unpaired) electrons. The molecule has 3 aromatic rings. The van der Waals surface area contributed by atoms with Crippen LogP contribution < -0.4 is 11.5 Å². The van der Waals surface area contributed by atoms with E-state index in [1.54, 1.807) is 4.68 Å². The summed E-state index contributed by atoms with van der Waals surface area (Å²) in [6.07, 6.45) is 0. The van der Waals surface area contributed by atoms with Crippen molar-refractivity contribution in [3.05, 3.63) is 29.8 Å². The van der Waals surface area contributed by atoms with Gasteiger partial charge in [0, 0.05) is 0 Å². The molecular formula is C11H11N7. The molecule has 0 spiro atoms. The van der Waals surface area contributed by atoms with Crippen LogP contribution in [0.1, 0.15) is 5.56 Å². The number of benzene rings is 1. The summed E-state index contributed by atoms with van der Waals surface area (Å²) in [5.74, 6) is 0.340. The van der Waals surface area contributed by atoms with Crippen LogP contribution in [-0.2, 0) is 0 Å². The van der Waals surface area contributed by atoms with Crippen molar-refractivity contribution in [1.82, 2.24) is 25.0 Å². The number of nitrogens with zero attached hydrogens (tertiary/aromatic N) is 5. The predicted molar refractivity (Wildman–Crippen MR) is 68.0 cm³/mol. The number of nitrogens with two attached hydrogens (primary N) is 2. The molecule has 0 amide bonds. The van der Waals surface area contributed by atoms with Crippen LogP contribution in [0.5, 0.6) is 0 Å². The second-order valence-electron chi connectivity index (χ2n) is 3.98. The maximum absolute atomic E-state index is 5.73. The fourth-order valence-electron chi connectivity index (χ4n) is 1.79. The number of hydrogen-bond acceptors (Lipinski definition) is 6. The molecule has 4 N–H and O–H groups in total. The van der Waals surface area contributed by atoms with Gasteiger partial charge in [-0.1, -0.05) is 17.3 Å². The number of nitrogen functional groups attached to an aromatic ring is 2. The minimum absolute atomic E-state index is 0.108. The monoisotopic (exact) mass is 241 g/mol.